The van der Waals surface area contributed by atoms with Gasteiger partial charge < -0.3 is 9.30 Å². The molecule has 0 aliphatic carbocycles. The van der Waals surface area contributed by atoms with Crippen LogP contribution in [0.4, 0.5) is 0 Å². The van der Waals surface area contributed by atoms with Gasteiger partial charge in [-0.15, -0.1) is 0 Å². The van der Waals surface area contributed by atoms with Crippen LogP contribution < -0.4 is 10.3 Å². The highest BCUT2D eigenvalue weighted by atomic mass is 79.9. The summed E-state index contributed by atoms with van der Waals surface area (Å²) in [5.41, 5.74) is -0.257. The fourth-order valence-electron chi connectivity index (χ4n) is 1.44. The maximum Gasteiger partial charge on any atom is 0.313 e. The normalized spacial score (nSPS) is 10.7. The van der Waals surface area contributed by atoms with Gasteiger partial charge in [0, 0.05) is 29.1 Å². The maximum atomic E-state index is 12.0. The van der Waals surface area contributed by atoms with Crippen LogP contribution in [0.1, 0.15) is 19.9 Å². The standard InChI is InChI=1S/C12H12BrN3O2/c1-8(2)16-4-3-15-11(12(16)17)18-10-5-9(13)6-14-7-10/h3-8H,1-2H3. The van der Waals surface area contributed by atoms with E-state index in [-0.39, 0.29) is 17.5 Å². The number of ether oxygens (including phenoxy) is 1. The van der Waals surface area contributed by atoms with Gasteiger partial charge in [-0.2, -0.15) is 0 Å². The summed E-state index contributed by atoms with van der Waals surface area (Å²) in [5.74, 6) is 0.515. The third kappa shape index (κ3) is 2.76. The molecule has 0 aliphatic rings. The van der Waals surface area contributed by atoms with Crippen LogP contribution in [0.2, 0.25) is 0 Å². The van der Waals surface area contributed by atoms with Crippen LogP contribution in [-0.4, -0.2) is 14.5 Å². The molecule has 0 radical (unpaired) electrons. The average molecular weight is 310 g/mol. The molecule has 5 nitrogen and oxygen atoms in total. The van der Waals surface area contributed by atoms with Gasteiger partial charge in [0.1, 0.15) is 5.75 Å². The summed E-state index contributed by atoms with van der Waals surface area (Å²) in [4.78, 5) is 19.9. The Morgan fingerprint density at radius 3 is 2.83 bits per heavy atom. The number of aromatic nitrogens is 3. The van der Waals surface area contributed by atoms with Gasteiger partial charge in [-0.3, -0.25) is 9.78 Å². The van der Waals surface area contributed by atoms with E-state index in [9.17, 15) is 4.79 Å². The SMILES string of the molecule is CC(C)n1ccnc(Oc2cncc(Br)c2)c1=O. The third-order valence-corrected chi connectivity index (χ3v) is 2.72. The lowest BCUT2D eigenvalue weighted by atomic mass is 10.4. The van der Waals surface area contributed by atoms with Crippen LogP contribution in [0.5, 0.6) is 11.6 Å². The molecule has 0 unspecified atom stereocenters. The summed E-state index contributed by atoms with van der Waals surface area (Å²) in [7, 11) is 0. The van der Waals surface area contributed by atoms with Crippen molar-refractivity contribution >= 4 is 15.9 Å². The first kappa shape index (κ1) is 12.8. The molecule has 0 bridgehead atoms. The maximum absolute atomic E-state index is 12.0. The van der Waals surface area contributed by atoms with E-state index >= 15 is 0 Å². The Bertz CT molecular complexity index is 610. The minimum Gasteiger partial charge on any atom is -0.433 e. The van der Waals surface area contributed by atoms with E-state index in [4.69, 9.17) is 4.74 Å². The average Bonchev–Trinajstić information content (AvgIpc) is 2.31. The molecular weight excluding hydrogens is 298 g/mol. The highest BCUT2D eigenvalue weighted by Gasteiger charge is 2.09. The molecule has 0 saturated heterocycles. The zero-order chi connectivity index (χ0) is 13.1. The molecule has 2 rings (SSSR count). The summed E-state index contributed by atoms with van der Waals surface area (Å²) >= 11 is 3.29. The van der Waals surface area contributed by atoms with E-state index < -0.39 is 0 Å². The quantitative estimate of drug-likeness (QED) is 0.875. The highest BCUT2D eigenvalue weighted by molar-refractivity contribution is 9.10. The largest absolute Gasteiger partial charge is 0.433 e. The van der Waals surface area contributed by atoms with Crippen molar-refractivity contribution in [2.45, 2.75) is 19.9 Å². The molecule has 0 N–H and O–H groups in total. The van der Waals surface area contributed by atoms with Gasteiger partial charge in [-0.25, -0.2) is 4.98 Å². The van der Waals surface area contributed by atoms with Crippen molar-refractivity contribution in [3.05, 3.63) is 45.7 Å². The zero-order valence-corrected chi connectivity index (χ0v) is 11.6. The first-order valence-corrected chi connectivity index (χ1v) is 6.23. The molecule has 2 aromatic rings. The summed E-state index contributed by atoms with van der Waals surface area (Å²) in [6.07, 6.45) is 6.34. The first-order chi connectivity index (χ1) is 8.58. The minimum absolute atomic E-state index is 0.0473. The highest BCUT2D eigenvalue weighted by Crippen LogP contribution is 2.19. The van der Waals surface area contributed by atoms with Crippen LogP contribution in [0.15, 0.2) is 40.1 Å². The Hall–Kier alpha value is -1.69. The summed E-state index contributed by atoms with van der Waals surface area (Å²) in [6, 6.07) is 1.78. The number of rotatable bonds is 3. The Balaban J connectivity index is 2.36. The van der Waals surface area contributed by atoms with Crippen LogP contribution in [0.25, 0.3) is 0 Å². The number of halogens is 1. The lowest BCUT2D eigenvalue weighted by molar-refractivity contribution is 0.435. The lowest BCUT2D eigenvalue weighted by Crippen LogP contribution is -2.23. The van der Waals surface area contributed by atoms with Crippen LogP contribution in [-0.2, 0) is 0 Å². The molecular formula is C12H12BrN3O2. The number of hydrogen-bond acceptors (Lipinski definition) is 4. The second-order valence-corrected chi connectivity index (χ2v) is 4.90. The molecule has 0 saturated carbocycles. The summed E-state index contributed by atoms with van der Waals surface area (Å²) in [6.45, 7) is 3.84. The van der Waals surface area contributed by atoms with Crippen LogP contribution in [0.3, 0.4) is 0 Å². The molecule has 0 fully saturated rings. The molecule has 0 amide bonds. The molecule has 18 heavy (non-hydrogen) atoms. The van der Waals surface area contributed by atoms with E-state index in [0.29, 0.717) is 5.75 Å². The van der Waals surface area contributed by atoms with Crippen molar-refractivity contribution in [3.63, 3.8) is 0 Å². The lowest BCUT2D eigenvalue weighted by Gasteiger charge is -2.10. The fourth-order valence-corrected chi connectivity index (χ4v) is 1.79. The minimum atomic E-state index is -0.257. The second-order valence-electron chi connectivity index (χ2n) is 3.98. The predicted molar refractivity (Wildman–Crippen MR) is 70.9 cm³/mol. The van der Waals surface area contributed by atoms with E-state index in [2.05, 4.69) is 25.9 Å². The van der Waals surface area contributed by atoms with Gasteiger partial charge in [0.25, 0.3) is 5.88 Å². The van der Waals surface area contributed by atoms with Gasteiger partial charge in [0.2, 0.25) is 0 Å². The van der Waals surface area contributed by atoms with Crippen molar-refractivity contribution < 1.29 is 4.74 Å². The Morgan fingerprint density at radius 1 is 1.39 bits per heavy atom. The van der Waals surface area contributed by atoms with Crippen molar-refractivity contribution in [1.29, 1.82) is 0 Å². The number of nitrogens with zero attached hydrogens (tertiary/aromatic N) is 3. The zero-order valence-electron chi connectivity index (χ0n) is 10.0. The van der Waals surface area contributed by atoms with E-state index in [1.807, 2.05) is 13.8 Å². The molecule has 0 atom stereocenters. The number of pyridine rings is 1. The van der Waals surface area contributed by atoms with Gasteiger partial charge in [-0.05, 0) is 35.8 Å². The van der Waals surface area contributed by atoms with E-state index in [0.717, 1.165) is 4.47 Å². The van der Waals surface area contributed by atoms with Crippen LogP contribution >= 0.6 is 15.9 Å². The van der Waals surface area contributed by atoms with Crippen molar-refractivity contribution in [2.24, 2.45) is 0 Å². The topological polar surface area (TPSA) is 57.0 Å². The second kappa shape index (κ2) is 5.30. The molecule has 2 heterocycles. The van der Waals surface area contributed by atoms with E-state index in [1.54, 1.807) is 29.2 Å². The predicted octanol–water partition coefficient (Wildman–Crippen LogP) is 2.77. The molecule has 0 aliphatic heterocycles. The molecule has 0 aromatic carbocycles. The van der Waals surface area contributed by atoms with Gasteiger partial charge in [-0.1, -0.05) is 0 Å². The molecule has 2 aromatic heterocycles. The Labute approximate surface area is 113 Å². The molecule has 6 heteroatoms. The third-order valence-electron chi connectivity index (χ3n) is 2.29. The first-order valence-electron chi connectivity index (χ1n) is 5.43. The van der Waals surface area contributed by atoms with Crippen molar-refractivity contribution in [3.8, 4) is 11.6 Å². The van der Waals surface area contributed by atoms with Crippen molar-refractivity contribution in [1.82, 2.24) is 14.5 Å². The van der Waals surface area contributed by atoms with Gasteiger partial charge >= 0.3 is 5.56 Å². The molecule has 94 valence electrons. The Morgan fingerprint density at radius 2 is 2.17 bits per heavy atom. The van der Waals surface area contributed by atoms with E-state index in [1.165, 1.54) is 6.20 Å². The summed E-state index contributed by atoms with van der Waals surface area (Å²) < 4.78 is 7.78. The van der Waals surface area contributed by atoms with Gasteiger partial charge in [0.05, 0.1) is 6.20 Å². The monoisotopic (exact) mass is 309 g/mol. The summed E-state index contributed by atoms with van der Waals surface area (Å²) in [5, 5.41) is 0. The molecule has 0 spiro atoms. The fraction of sp³-hybridized carbons (Fsp3) is 0.250. The van der Waals surface area contributed by atoms with Crippen molar-refractivity contribution in [2.75, 3.05) is 0 Å². The Kier molecular flexibility index (Phi) is 3.76. The van der Waals surface area contributed by atoms with Gasteiger partial charge in [0.15, 0.2) is 0 Å². The smallest absolute Gasteiger partial charge is 0.313 e. The van der Waals surface area contributed by atoms with Crippen LogP contribution in [0, 0.1) is 0 Å². The number of hydrogen-bond donors (Lipinski definition) is 0.